The Labute approximate surface area is 203 Å². The number of hydrogen-bond acceptors (Lipinski definition) is 5. The molecule has 0 spiro atoms. The molecule has 0 aliphatic carbocycles. The van der Waals surface area contributed by atoms with E-state index in [-0.39, 0.29) is 35.5 Å². The van der Waals surface area contributed by atoms with Crippen LogP contribution in [0, 0.1) is 18.6 Å². The van der Waals surface area contributed by atoms with E-state index >= 15 is 0 Å². The molecule has 1 aliphatic heterocycles. The zero-order chi connectivity index (χ0) is 25.4. The third kappa shape index (κ3) is 4.50. The number of aryl methyl sites for hydroxylation is 1. The molecule has 11 heteroatoms. The van der Waals surface area contributed by atoms with Crippen molar-refractivity contribution in [3.8, 4) is 11.4 Å². The summed E-state index contributed by atoms with van der Waals surface area (Å²) in [7, 11) is 0. The van der Waals surface area contributed by atoms with Crippen LogP contribution in [-0.4, -0.2) is 34.8 Å². The van der Waals surface area contributed by atoms with Crippen molar-refractivity contribution in [1.29, 1.82) is 0 Å². The van der Waals surface area contributed by atoms with E-state index in [1.54, 1.807) is 25.1 Å². The van der Waals surface area contributed by atoms with Gasteiger partial charge in [0, 0.05) is 30.3 Å². The molecular formula is C24H20ClF2N3O5. The number of aromatic nitrogens is 1. The lowest BCUT2D eigenvalue weighted by atomic mass is 10.2. The van der Waals surface area contributed by atoms with E-state index in [2.05, 4.69) is 0 Å². The molecule has 0 radical (unpaired) electrons. The maximum Gasteiger partial charge on any atom is 0.277 e. The molecule has 2 amide bonds. The monoisotopic (exact) mass is 503 g/mol. The van der Waals surface area contributed by atoms with Crippen molar-refractivity contribution in [3.05, 3.63) is 80.7 Å². The molecule has 0 atom stereocenters. The molecule has 1 aromatic heterocycles. The molecule has 35 heavy (non-hydrogen) atoms. The fraction of sp³-hybridized carbons (Fsp3) is 0.208. The zero-order valence-electron chi connectivity index (χ0n) is 18.7. The van der Waals surface area contributed by atoms with Crippen molar-refractivity contribution in [2.45, 2.75) is 20.5 Å². The molecule has 182 valence electrons. The van der Waals surface area contributed by atoms with Gasteiger partial charge in [0.25, 0.3) is 11.5 Å². The first-order valence-corrected chi connectivity index (χ1v) is 10.8. The summed E-state index contributed by atoms with van der Waals surface area (Å²) in [5, 5.41) is 9.07. The van der Waals surface area contributed by atoms with E-state index in [9.17, 15) is 28.3 Å². The normalized spacial score (nSPS) is 12.6. The third-order valence-corrected chi connectivity index (χ3v) is 5.94. The smallest absolute Gasteiger partial charge is 0.277 e. The van der Waals surface area contributed by atoms with Gasteiger partial charge in [0.1, 0.15) is 42.3 Å². The van der Waals surface area contributed by atoms with Gasteiger partial charge in [-0.3, -0.25) is 28.8 Å². The highest BCUT2D eigenvalue weighted by Crippen LogP contribution is 2.38. The zero-order valence-corrected chi connectivity index (χ0v) is 19.5. The lowest BCUT2D eigenvalue weighted by Crippen LogP contribution is -2.38. The fourth-order valence-corrected chi connectivity index (χ4v) is 4.05. The van der Waals surface area contributed by atoms with Gasteiger partial charge in [0.2, 0.25) is 5.91 Å². The average molecular weight is 504 g/mol. The maximum atomic E-state index is 13.9. The standard InChI is InChI=1S/C24H20ClF2N3O5/c1-13-7-21(35-11-15-3-4-16(26)8-18(15)27)23(25)24(34)30(13)17-5-6-19-20(9-17)29(22(33)10-31)12-28(19)14(2)32/h3-9,31H,10-12H2,1-2H3. The van der Waals surface area contributed by atoms with E-state index in [0.717, 1.165) is 12.1 Å². The Bertz CT molecular complexity index is 1410. The van der Waals surface area contributed by atoms with Crippen LogP contribution in [0.2, 0.25) is 5.02 Å². The number of fused-ring (bicyclic) bond motifs is 1. The van der Waals surface area contributed by atoms with E-state index in [1.165, 1.54) is 33.4 Å². The number of nitrogens with zero attached hydrogens (tertiary/aromatic N) is 3. The summed E-state index contributed by atoms with van der Waals surface area (Å²) in [6, 6.07) is 9.30. The number of carbonyl (C=O) groups excluding carboxylic acids is 2. The summed E-state index contributed by atoms with van der Waals surface area (Å²) in [5.74, 6) is -2.38. The first-order chi connectivity index (χ1) is 16.6. The van der Waals surface area contributed by atoms with E-state index in [1.807, 2.05) is 0 Å². The first kappa shape index (κ1) is 24.4. The van der Waals surface area contributed by atoms with Gasteiger partial charge in [0.15, 0.2) is 0 Å². The van der Waals surface area contributed by atoms with Gasteiger partial charge in [-0.15, -0.1) is 0 Å². The minimum absolute atomic E-state index is 0.0233. The van der Waals surface area contributed by atoms with Crippen molar-refractivity contribution in [2.24, 2.45) is 0 Å². The molecule has 1 aliphatic rings. The van der Waals surface area contributed by atoms with Crippen LogP contribution in [0.3, 0.4) is 0 Å². The lowest BCUT2D eigenvalue weighted by Gasteiger charge is -2.17. The number of rotatable bonds is 5. The number of halogens is 3. The average Bonchev–Trinajstić information content (AvgIpc) is 3.20. The van der Waals surface area contributed by atoms with Crippen LogP contribution >= 0.6 is 11.6 Å². The fourth-order valence-electron chi connectivity index (χ4n) is 3.86. The largest absolute Gasteiger partial charge is 0.487 e. The minimum atomic E-state index is -0.786. The predicted molar refractivity (Wildman–Crippen MR) is 125 cm³/mol. The van der Waals surface area contributed by atoms with Crippen LogP contribution in [0.5, 0.6) is 5.75 Å². The van der Waals surface area contributed by atoms with Crippen molar-refractivity contribution in [3.63, 3.8) is 0 Å². The number of aliphatic hydroxyl groups is 1. The van der Waals surface area contributed by atoms with Gasteiger partial charge >= 0.3 is 0 Å². The summed E-state index contributed by atoms with van der Waals surface area (Å²) in [6.07, 6.45) is 0. The molecule has 0 saturated heterocycles. The summed E-state index contributed by atoms with van der Waals surface area (Å²) in [6.45, 7) is 1.91. The Balaban J connectivity index is 1.71. The molecule has 2 heterocycles. The topological polar surface area (TPSA) is 92.1 Å². The highest BCUT2D eigenvalue weighted by Gasteiger charge is 2.32. The Hall–Kier alpha value is -3.76. The Morgan fingerprint density at radius 1 is 1.09 bits per heavy atom. The lowest BCUT2D eigenvalue weighted by molar-refractivity contribution is -0.121. The molecule has 0 unspecified atom stereocenters. The van der Waals surface area contributed by atoms with Crippen molar-refractivity contribution >= 4 is 34.8 Å². The Morgan fingerprint density at radius 2 is 1.83 bits per heavy atom. The highest BCUT2D eigenvalue weighted by atomic mass is 35.5. The van der Waals surface area contributed by atoms with Crippen LogP contribution in [0.15, 0.2) is 47.3 Å². The predicted octanol–water partition coefficient (Wildman–Crippen LogP) is 3.31. The number of anilines is 2. The van der Waals surface area contributed by atoms with Gasteiger partial charge in [-0.25, -0.2) is 8.78 Å². The maximum absolute atomic E-state index is 13.9. The molecule has 0 saturated carbocycles. The van der Waals surface area contributed by atoms with E-state index in [4.69, 9.17) is 16.3 Å². The van der Waals surface area contributed by atoms with E-state index in [0.29, 0.717) is 22.8 Å². The Kier molecular flexibility index (Phi) is 6.60. The number of amides is 2. The second kappa shape index (κ2) is 9.47. The quantitative estimate of drug-likeness (QED) is 0.577. The summed E-state index contributed by atoms with van der Waals surface area (Å²) in [5.41, 5.74) is 1.07. The van der Waals surface area contributed by atoms with Crippen LogP contribution in [-0.2, 0) is 16.2 Å². The Morgan fingerprint density at radius 3 is 2.49 bits per heavy atom. The van der Waals surface area contributed by atoms with Crippen molar-refractivity contribution < 1.29 is 28.2 Å². The van der Waals surface area contributed by atoms with Crippen LogP contribution in [0.4, 0.5) is 20.2 Å². The number of hydrogen-bond donors (Lipinski definition) is 1. The second-order valence-corrected chi connectivity index (χ2v) is 8.25. The van der Waals surface area contributed by atoms with E-state index < -0.39 is 29.7 Å². The summed E-state index contributed by atoms with van der Waals surface area (Å²) < 4.78 is 33.9. The van der Waals surface area contributed by atoms with Crippen LogP contribution < -0.4 is 20.1 Å². The molecule has 0 bridgehead atoms. The molecule has 1 N–H and O–H groups in total. The second-order valence-electron chi connectivity index (χ2n) is 7.87. The van der Waals surface area contributed by atoms with Crippen molar-refractivity contribution in [1.82, 2.24) is 4.57 Å². The van der Waals surface area contributed by atoms with Crippen LogP contribution in [0.1, 0.15) is 18.2 Å². The molecule has 3 aromatic rings. The summed E-state index contributed by atoms with van der Waals surface area (Å²) in [4.78, 5) is 40.0. The third-order valence-electron chi connectivity index (χ3n) is 5.60. The number of ether oxygens (including phenoxy) is 1. The van der Waals surface area contributed by atoms with Gasteiger partial charge in [0.05, 0.1) is 17.1 Å². The first-order valence-electron chi connectivity index (χ1n) is 10.4. The SMILES string of the molecule is CC(=O)N1CN(C(=O)CO)c2cc(-n3c(C)cc(OCc4ccc(F)cc4F)c(Cl)c3=O)ccc21. The minimum Gasteiger partial charge on any atom is -0.487 e. The summed E-state index contributed by atoms with van der Waals surface area (Å²) >= 11 is 6.27. The van der Waals surface area contributed by atoms with Gasteiger partial charge in [-0.2, -0.15) is 0 Å². The van der Waals surface area contributed by atoms with Crippen LogP contribution in [0.25, 0.3) is 5.69 Å². The molecule has 4 rings (SSSR count). The number of aliphatic hydroxyl groups excluding tert-OH is 1. The number of carbonyl (C=O) groups is 2. The highest BCUT2D eigenvalue weighted by molar-refractivity contribution is 6.31. The molecule has 8 nitrogen and oxygen atoms in total. The van der Waals surface area contributed by atoms with Crippen molar-refractivity contribution in [2.75, 3.05) is 23.1 Å². The molecular weight excluding hydrogens is 484 g/mol. The van der Waals surface area contributed by atoms with Gasteiger partial charge < -0.3 is 9.84 Å². The number of benzene rings is 2. The number of pyridine rings is 1. The van der Waals surface area contributed by atoms with Gasteiger partial charge in [-0.1, -0.05) is 11.6 Å². The van der Waals surface area contributed by atoms with Gasteiger partial charge in [-0.05, 0) is 37.3 Å². The molecule has 0 fully saturated rings. The molecule has 2 aromatic carbocycles.